The maximum absolute atomic E-state index is 11.9. The summed E-state index contributed by atoms with van der Waals surface area (Å²) < 4.78 is 5.06. The molecule has 0 aliphatic heterocycles. The van der Waals surface area contributed by atoms with Crippen LogP contribution in [-0.2, 0) is 4.79 Å². The minimum atomic E-state index is -0.708. The monoisotopic (exact) mass is 314 g/mol. The largest absolute Gasteiger partial charge is 0.497 e. The van der Waals surface area contributed by atoms with Crippen molar-refractivity contribution >= 4 is 18.3 Å². The van der Waals surface area contributed by atoms with Gasteiger partial charge < -0.3 is 20.9 Å². The van der Waals surface area contributed by atoms with E-state index in [1.165, 1.54) is 0 Å². The predicted molar refractivity (Wildman–Crippen MR) is 83.5 cm³/mol. The summed E-state index contributed by atoms with van der Waals surface area (Å²) in [6.07, 6.45) is 1.77. The minimum absolute atomic E-state index is 0. The van der Waals surface area contributed by atoms with Crippen LogP contribution in [0.4, 0.5) is 0 Å². The van der Waals surface area contributed by atoms with Gasteiger partial charge in [0.2, 0.25) is 5.91 Å². The van der Waals surface area contributed by atoms with Crippen LogP contribution < -0.4 is 15.8 Å². The Morgan fingerprint density at radius 1 is 1.43 bits per heavy atom. The van der Waals surface area contributed by atoms with Gasteiger partial charge in [0.1, 0.15) is 5.75 Å². The Morgan fingerprint density at radius 3 is 2.62 bits per heavy atom. The van der Waals surface area contributed by atoms with Gasteiger partial charge in [0, 0.05) is 18.5 Å². The molecule has 0 bridgehead atoms. The summed E-state index contributed by atoms with van der Waals surface area (Å²) in [6, 6.07) is 7.30. The number of hydrogen-bond donors (Lipinski definition) is 3. The molecule has 1 aromatic rings. The normalized spacial score (nSPS) is 22.2. The second-order valence-corrected chi connectivity index (χ2v) is 5.30. The fraction of sp³-hybridized carbons (Fsp3) is 0.533. The van der Waals surface area contributed by atoms with Crippen LogP contribution in [0, 0.1) is 5.92 Å². The Hall–Kier alpha value is -1.30. The maximum atomic E-state index is 11.9. The fourth-order valence-corrected chi connectivity index (χ4v) is 2.54. The third kappa shape index (κ3) is 4.88. The quantitative estimate of drug-likeness (QED) is 0.767. The van der Waals surface area contributed by atoms with Gasteiger partial charge in [-0.05, 0) is 37.0 Å². The molecule has 0 aromatic heterocycles. The molecule has 2 rings (SSSR count). The van der Waals surface area contributed by atoms with E-state index in [0.29, 0.717) is 0 Å². The van der Waals surface area contributed by atoms with E-state index >= 15 is 0 Å². The van der Waals surface area contributed by atoms with Crippen LogP contribution in [-0.4, -0.2) is 30.7 Å². The number of nitrogens with one attached hydrogen (secondary N) is 1. The van der Waals surface area contributed by atoms with Crippen molar-refractivity contribution in [1.29, 1.82) is 0 Å². The van der Waals surface area contributed by atoms with Crippen molar-refractivity contribution in [2.24, 2.45) is 11.7 Å². The number of amides is 1. The van der Waals surface area contributed by atoms with Gasteiger partial charge in [0.25, 0.3) is 0 Å². The van der Waals surface area contributed by atoms with Gasteiger partial charge in [-0.25, -0.2) is 0 Å². The van der Waals surface area contributed by atoms with Crippen molar-refractivity contribution < 1.29 is 14.6 Å². The number of benzene rings is 1. The van der Waals surface area contributed by atoms with Crippen LogP contribution in [0.5, 0.6) is 5.75 Å². The van der Waals surface area contributed by atoms with Crippen molar-refractivity contribution in [1.82, 2.24) is 5.32 Å². The summed E-state index contributed by atoms with van der Waals surface area (Å²) in [7, 11) is 1.60. The smallest absolute Gasteiger partial charge is 0.223 e. The average molecular weight is 315 g/mol. The molecule has 118 valence electrons. The average Bonchev–Trinajstić information content (AvgIpc) is 2.91. The van der Waals surface area contributed by atoms with Crippen LogP contribution in [0.1, 0.15) is 30.9 Å². The first kappa shape index (κ1) is 17.8. The number of nitrogens with two attached hydrogens (primary N) is 1. The number of halogens is 1. The molecule has 0 heterocycles. The van der Waals surface area contributed by atoms with Gasteiger partial charge in [-0.1, -0.05) is 12.1 Å². The molecule has 0 spiro atoms. The molecule has 1 fully saturated rings. The highest BCUT2D eigenvalue weighted by atomic mass is 35.5. The Morgan fingerprint density at radius 2 is 2.10 bits per heavy atom. The standard InChI is InChI=1S/C15H22N2O3.ClH/c1-20-13-6-3-10(4-7-13)14(18)9-17-15(19)11-2-5-12(16)8-11;/h3-4,6-7,11-12,14,18H,2,5,8-9,16H2,1H3,(H,17,19);1H. The molecule has 5 nitrogen and oxygen atoms in total. The molecule has 3 unspecified atom stereocenters. The van der Waals surface area contributed by atoms with Gasteiger partial charge in [-0.3, -0.25) is 4.79 Å². The molecule has 1 aliphatic rings. The van der Waals surface area contributed by atoms with Gasteiger partial charge in [-0.15, -0.1) is 12.4 Å². The topological polar surface area (TPSA) is 84.6 Å². The summed E-state index contributed by atoms with van der Waals surface area (Å²) in [5, 5.41) is 12.8. The lowest BCUT2D eigenvalue weighted by molar-refractivity contribution is -0.125. The van der Waals surface area contributed by atoms with E-state index in [9.17, 15) is 9.90 Å². The first-order valence-corrected chi connectivity index (χ1v) is 6.95. The van der Waals surface area contributed by atoms with Gasteiger partial charge >= 0.3 is 0 Å². The van der Waals surface area contributed by atoms with Crippen LogP contribution in [0.25, 0.3) is 0 Å². The zero-order valence-corrected chi connectivity index (χ0v) is 12.9. The van der Waals surface area contributed by atoms with Gasteiger partial charge in [0.15, 0.2) is 0 Å². The lowest BCUT2D eigenvalue weighted by Crippen LogP contribution is -2.33. The number of aliphatic hydroxyl groups excluding tert-OH is 1. The second-order valence-electron chi connectivity index (χ2n) is 5.30. The first-order valence-electron chi connectivity index (χ1n) is 6.95. The van der Waals surface area contributed by atoms with Gasteiger partial charge in [-0.2, -0.15) is 0 Å². The van der Waals surface area contributed by atoms with E-state index in [-0.39, 0.29) is 36.8 Å². The van der Waals surface area contributed by atoms with Gasteiger partial charge in [0.05, 0.1) is 13.2 Å². The van der Waals surface area contributed by atoms with Crippen molar-refractivity contribution in [3.05, 3.63) is 29.8 Å². The Kier molecular flexibility index (Phi) is 6.95. The highest BCUT2D eigenvalue weighted by Gasteiger charge is 2.27. The zero-order valence-electron chi connectivity index (χ0n) is 12.1. The van der Waals surface area contributed by atoms with Crippen molar-refractivity contribution in [2.45, 2.75) is 31.4 Å². The molecule has 1 saturated carbocycles. The number of carbonyl (C=O) groups is 1. The lowest BCUT2D eigenvalue weighted by Gasteiger charge is -2.15. The molecular weight excluding hydrogens is 292 g/mol. The molecule has 0 saturated heterocycles. The highest BCUT2D eigenvalue weighted by Crippen LogP contribution is 2.24. The number of carbonyl (C=O) groups excluding carboxylic acids is 1. The SMILES string of the molecule is COc1ccc(C(O)CNC(=O)C2CCC(N)C2)cc1.Cl. The van der Waals surface area contributed by atoms with E-state index in [1.54, 1.807) is 31.4 Å². The lowest BCUT2D eigenvalue weighted by atomic mass is 10.1. The first-order chi connectivity index (χ1) is 9.60. The van der Waals surface area contributed by atoms with Crippen LogP contribution in [0.3, 0.4) is 0 Å². The Balaban J connectivity index is 0.00000220. The molecule has 0 radical (unpaired) electrons. The number of rotatable bonds is 5. The number of hydrogen-bond acceptors (Lipinski definition) is 4. The summed E-state index contributed by atoms with van der Waals surface area (Å²) in [6.45, 7) is 0.219. The molecule has 4 N–H and O–H groups in total. The summed E-state index contributed by atoms with van der Waals surface area (Å²) in [5.74, 6) is 0.725. The molecule has 21 heavy (non-hydrogen) atoms. The Bertz CT molecular complexity index is 453. The fourth-order valence-electron chi connectivity index (χ4n) is 2.54. The van der Waals surface area contributed by atoms with E-state index in [4.69, 9.17) is 10.5 Å². The number of methoxy groups -OCH3 is 1. The molecule has 1 aromatic carbocycles. The molecule has 6 heteroatoms. The highest BCUT2D eigenvalue weighted by molar-refractivity contribution is 5.85. The molecule has 1 aliphatic carbocycles. The second kappa shape index (κ2) is 8.22. The molecular formula is C15H23ClN2O3. The summed E-state index contributed by atoms with van der Waals surface area (Å²) >= 11 is 0. The third-order valence-electron chi connectivity index (χ3n) is 3.81. The number of ether oxygens (including phenoxy) is 1. The van der Waals surface area contributed by atoms with Crippen LogP contribution in [0.15, 0.2) is 24.3 Å². The third-order valence-corrected chi connectivity index (χ3v) is 3.81. The van der Waals surface area contributed by atoms with Crippen LogP contribution in [0.2, 0.25) is 0 Å². The van der Waals surface area contributed by atoms with E-state index < -0.39 is 6.10 Å². The number of aliphatic hydroxyl groups is 1. The van der Waals surface area contributed by atoms with Crippen molar-refractivity contribution in [3.63, 3.8) is 0 Å². The van der Waals surface area contributed by atoms with Crippen molar-refractivity contribution in [2.75, 3.05) is 13.7 Å². The summed E-state index contributed by atoms with van der Waals surface area (Å²) in [5.41, 5.74) is 6.55. The van der Waals surface area contributed by atoms with E-state index in [0.717, 1.165) is 30.6 Å². The van der Waals surface area contributed by atoms with Crippen molar-refractivity contribution in [3.8, 4) is 5.75 Å². The minimum Gasteiger partial charge on any atom is -0.497 e. The predicted octanol–water partition coefficient (Wildman–Crippen LogP) is 1.39. The maximum Gasteiger partial charge on any atom is 0.223 e. The van der Waals surface area contributed by atoms with E-state index in [2.05, 4.69) is 5.32 Å². The zero-order chi connectivity index (χ0) is 14.5. The van der Waals surface area contributed by atoms with Crippen LogP contribution >= 0.6 is 12.4 Å². The molecule has 1 amide bonds. The molecule has 3 atom stereocenters. The Labute approximate surface area is 131 Å². The van der Waals surface area contributed by atoms with E-state index in [1.807, 2.05) is 0 Å². The summed E-state index contributed by atoms with van der Waals surface area (Å²) in [4.78, 5) is 11.9.